The number of rotatable bonds is 5. The van der Waals surface area contributed by atoms with Gasteiger partial charge < -0.3 is 10.6 Å². The number of aromatic nitrogens is 2. The Hall–Kier alpha value is -1.30. The Morgan fingerprint density at radius 3 is 2.50 bits per heavy atom. The molecule has 0 atom stereocenters. The molecular formula is C15H18Cl2N4S. The van der Waals surface area contributed by atoms with Crippen LogP contribution in [-0.4, -0.2) is 21.4 Å². The normalized spacial score (nSPS) is 10.5. The fourth-order valence-corrected chi connectivity index (χ4v) is 2.51. The molecular weight excluding hydrogens is 339 g/mol. The van der Waals surface area contributed by atoms with Gasteiger partial charge in [0.2, 0.25) is 0 Å². The second kappa shape index (κ2) is 7.81. The predicted molar refractivity (Wildman–Crippen MR) is 97.0 cm³/mol. The maximum absolute atomic E-state index is 6.12. The van der Waals surface area contributed by atoms with Crippen LogP contribution in [0.1, 0.15) is 17.8 Å². The molecule has 22 heavy (non-hydrogen) atoms. The molecule has 0 aliphatic rings. The maximum Gasteiger partial charge on any atom is 0.170 e. The van der Waals surface area contributed by atoms with Gasteiger partial charge in [0.05, 0.1) is 16.4 Å². The van der Waals surface area contributed by atoms with Gasteiger partial charge in [-0.05, 0) is 56.8 Å². The number of nitrogens with one attached hydrogen (secondary N) is 2. The van der Waals surface area contributed by atoms with E-state index < -0.39 is 0 Å². The largest absolute Gasteiger partial charge is 0.362 e. The van der Waals surface area contributed by atoms with Crippen molar-refractivity contribution in [1.82, 2.24) is 15.1 Å². The van der Waals surface area contributed by atoms with Gasteiger partial charge >= 0.3 is 0 Å². The maximum atomic E-state index is 6.12. The van der Waals surface area contributed by atoms with Crippen molar-refractivity contribution in [3.8, 4) is 0 Å². The standard InChI is InChI=1S/C15H18Cl2N4S/c1-10-14(17)11(2)21(20-10)9-3-8-18-15(22)19-13-6-4-12(16)5-7-13/h4-7H,3,8-9H2,1-2H3,(H2,18,19,22). The monoisotopic (exact) mass is 356 g/mol. The molecule has 118 valence electrons. The molecule has 4 nitrogen and oxygen atoms in total. The molecule has 0 bridgehead atoms. The second-order valence-corrected chi connectivity index (χ2v) is 6.17. The van der Waals surface area contributed by atoms with Crippen LogP contribution in [0.4, 0.5) is 5.69 Å². The summed E-state index contributed by atoms with van der Waals surface area (Å²) in [6.45, 7) is 5.45. The number of thiocarbonyl (C=S) groups is 1. The van der Waals surface area contributed by atoms with E-state index in [1.165, 1.54) is 0 Å². The summed E-state index contributed by atoms with van der Waals surface area (Å²) in [4.78, 5) is 0. The molecule has 0 radical (unpaired) electrons. The van der Waals surface area contributed by atoms with Crippen LogP contribution in [0.3, 0.4) is 0 Å². The van der Waals surface area contributed by atoms with Crippen LogP contribution >= 0.6 is 35.4 Å². The molecule has 0 aliphatic carbocycles. The van der Waals surface area contributed by atoms with Gasteiger partial charge in [0.1, 0.15) is 0 Å². The smallest absolute Gasteiger partial charge is 0.170 e. The topological polar surface area (TPSA) is 41.9 Å². The fraction of sp³-hybridized carbons (Fsp3) is 0.333. The van der Waals surface area contributed by atoms with Crippen molar-refractivity contribution in [3.63, 3.8) is 0 Å². The molecule has 2 N–H and O–H groups in total. The minimum absolute atomic E-state index is 0.591. The zero-order chi connectivity index (χ0) is 16.1. The number of aryl methyl sites for hydroxylation is 2. The first-order valence-electron chi connectivity index (χ1n) is 6.97. The van der Waals surface area contributed by atoms with Crippen LogP contribution in [0.15, 0.2) is 24.3 Å². The van der Waals surface area contributed by atoms with E-state index in [-0.39, 0.29) is 0 Å². The Kier molecular flexibility index (Phi) is 6.06. The van der Waals surface area contributed by atoms with Crippen molar-refractivity contribution in [1.29, 1.82) is 0 Å². The van der Waals surface area contributed by atoms with E-state index in [2.05, 4.69) is 15.7 Å². The van der Waals surface area contributed by atoms with Crippen LogP contribution in [0.2, 0.25) is 10.0 Å². The molecule has 0 aliphatic heterocycles. The minimum atomic E-state index is 0.591. The molecule has 0 spiro atoms. The highest BCUT2D eigenvalue weighted by Gasteiger charge is 2.08. The van der Waals surface area contributed by atoms with Gasteiger partial charge in [-0.3, -0.25) is 4.68 Å². The number of benzene rings is 1. The van der Waals surface area contributed by atoms with Crippen LogP contribution in [0.5, 0.6) is 0 Å². The fourth-order valence-electron chi connectivity index (χ4n) is 2.03. The van der Waals surface area contributed by atoms with E-state index in [9.17, 15) is 0 Å². The lowest BCUT2D eigenvalue weighted by Gasteiger charge is -2.11. The van der Waals surface area contributed by atoms with E-state index >= 15 is 0 Å². The number of halogens is 2. The highest BCUT2D eigenvalue weighted by atomic mass is 35.5. The Labute approximate surface area is 145 Å². The SMILES string of the molecule is Cc1nn(CCCNC(=S)Nc2ccc(Cl)cc2)c(C)c1Cl. The average Bonchev–Trinajstić information content (AvgIpc) is 2.73. The molecule has 2 aromatic rings. The van der Waals surface area contributed by atoms with E-state index in [0.29, 0.717) is 10.1 Å². The number of hydrogen-bond donors (Lipinski definition) is 2. The van der Waals surface area contributed by atoms with E-state index in [0.717, 1.165) is 41.6 Å². The van der Waals surface area contributed by atoms with E-state index in [1.54, 1.807) is 0 Å². The van der Waals surface area contributed by atoms with E-state index in [4.69, 9.17) is 35.4 Å². The van der Waals surface area contributed by atoms with E-state index in [1.807, 2.05) is 42.8 Å². The molecule has 0 unspecified atom stereocenters. The summed E-state index contributed by atoms with van der Waals surface area (Å²) in [6, 6.07) is 7.40. The van der Waals surface area contributed by atoms with Gasteiger partial charge in [-0.15, -0.1) is 0 Å². The summed E-state index contributed by atoms with van der Waals surface area (Å²) in [5, 5.41) is 12.7. The summed E-state index contributed by atoms with van der Waals surface area (Å²) in [7, 11) is 0. The summed E-state index contributed by atoms with van der Waals surface area (Å²) in [5.41, 5.74) is 2.78. The third-order valence-electron chi connectivity index (χ3n) is 3.23. The Balaban J connectivity index is 1.73. The van der Waals surface area contributed by atoms with Crippen molar-refractivity contribution < 1.29 is 0 Å². The summed E-state index contributed by atoms with van der Waals surface area (Å²) in [6.07, 6.45) is 0.903. The highest BCUT2D eigenvalue weighted by molar-refractivity contribution is 7.80. The third-order valence-corrected chi connectivity index (χ3v) is 4.27. The first-order valence-corrected chi connectivity index (χ1v) is 8.13. The first kappa shape index (κ1) is 17.1. The lowest BCUT2D eigenvalue weighted by molar-refractivity contribution is 0.558. The molecule has 1 aromatic carbocycles. The molecule has 0 saturated carbocycles. The molecule has 1 aromatic heterocycles. The Bertz CT molecular complexity index is 652. The van der Waals surface area contributed by atoms with Crippen LogP contribution in [-0.2, 0) is 6.54 Å². The predicted octanol–water partition coefficient (Wildman–Crippen LogP) is 4.18. The Morgan fingerprint density at radius 1 is 1.23 bits per heavy atom. The van der Waals surface area contributed by atoms with Crippen molar-refractivity contribution in [3.05, 3.63) is 45.7 Å². The van der Waals surface area contributed by atoms with Crippen molar-refractivity contribution in [2.45, 2.75) is 26.8 Å². The zero-order valence-electron chi connectivity index (χ0n) is 12.5. The first-order chi connectivity index (χ1) is 10.5. The molecule has 1 heterocycles. The van der Waals surface area contributed by atoms with Crippen LogP contribution < -0.4 is 10.6 Å². The lowest BCUT2D eigenvalue weighted by Crippen LogP contribution is -2.29. The van der Waals surface area contributed by atoms with Gasteiger partial charge in [0.15, 0.2) is 5.11 Å². The highest BCUT2D eigenvalue weighted by Crippen LogP contribution is 2.18. The summed E-state index contributed by atoms with van der Waals surface area (Å²) in [5.74, 6) is 0. The third kappa shape index (κ3) is 4.60. The Morgan fingerprint density at radius 2 is 1.91 bits per heavy atom. The molecule has 2 rings (SSSR count). The summed E-state index contributed by atoms with van der Waals surface area (Å²) >= 11 is 17.2. The van der Waals surface area contributed by atoms with Crippen LogP contribution in [0.25, 0.3) is 0 Å². The van der Waals surface area contributed by atoms with Gasteiger partial charge in [0, 0.05) is 23.8 Å². The van der Waals surface area contributed by atoms with Gasteiger partial charge in [-0.2, -0.15) is 5.10 Å². The van der Waals surface area contributed by atoms with Gasteiger partial charge in [-0.25, -0.2) is 0 Å². The van der Waals surface area contributed by atoms with Crippen molar-refractivity contribution in [2.75, 3.05) is 11.9 Å². The van der Waals surface area contributed by atoms with Crippen molar-refractivity contribution >= 4 is 46.2 Å². The molecule has 7 heteroatoms. The average molecular weight is 357 g/mol. The van der Waals surface area contributed by atoms with Crippen molar-refractivity contribution in [2.24, 2.45) is 0 Å². The van der Waals surface area contributed by atoms with Crippen LogP contribution in [0, 0.1) is 13.8 Å². The zero-order valence-corrected chi connectivity index (χ0v) is 14.8. The number of anilines is 1. The van der Waals surface area contributed by atoms with Gasteiger partial charge in [0.25, 0.3) is 0 Å². The molecule has 0 amide bonds. The molecule has 0 fully saturated rings. The quantitative estimate of drug-likeness (QED) is 0.622. The molecule has 0 saturated heterocycles. The second-order valence-electron chi connectivity index (χ2n) is 4.95. The lowest BCUT2D eigenvalue weighted by atomic mass is 10.3. The number of nitrogens with zero attached hydrogens (tertiary/aromatic N) is 2. The minimum Gasteiger partial charge on any atom is -0.362 e. The van der Waals surface area contributed by atoms with Gasteiger partial charge in [-0.1, -0.05) is 23.2 Å². The number of hydrogen-bond acceptors (Lipinski definition) is 2. The summed E-state index contributed by atoms with van der Waals surface area (Å²) < 4.78 is 1.93.